The Balaban J connectivity index is 2.30. The molecule has 5 heteroatoms. The van der Waals surface area contributed by atoms with Crippen molar-refractivity contribution in [3.8, 4) is 11.6 Å². The fourth-order valence-electron chi connectivity index (χ4n) is 1.16. The van der Waals surface area contributed by atoms with Gasteiger partial charge in [0.05, 0.1) is 16.4 Å². The second-order valence-electron chi connectivity index (χ2n) is 3.07. The standard InChI is InChI=1S/C11H8BrFN2O/c12-8-2-1-3-9(14)11(8)16-10-5-4-7(13)6-15-10/h1-6H,14H2. The number of ether oxygens (including phenoxy) is 1. The molecule has 0 aliphatic carbocycles. The molecule has 0 aliphatic heterocycles. The Bertz CT molecular complexity index is 482. The zero-order valence-corrected chi connectivity index (χ0v) is 9.74. The van der Waals surface area contributed by atoms with Crippen LogP contribution in [-0.4, -0.2) is 4.98 Å². The Morgan fingerprint density at radius 3 is 2.69 bits per heavy atom. The number of hydrogen-bond donors (Lipinski definition) is 1. The average Bonchev–Trinajstić information content (AvgIpc) is 2.26. The van der Waals surface area contributed by atoms with Crippen molar-refractivity contribution < 1.29 is 9.13 Å². The van der Waals surface area contributed by atoms with E-state index in [0.29, 0.717) is 17.3 Å². The van der Waals surface area contributed by atoms with Gasteiger partial charge < -0.3 is 10.5 Å². The number of benzene rings is 1. The van der Waals surface area contributed by atoms with Crippen molar-refractivity contribution in [2.45, 2.75) is 0 Å². The van der Waals surface area contributed by atoms with E-state index in [4.69, 9.17) is 10.5 Å². The molecule has 0 bridgehead atoms. The summed E-state index contributed by atoms with van der Waals surface area (Å²) in [6.07, 6.45) is 1.09. The second kappa shape index (κ2) is 4.49. The lowest BCUT2D eigenvalue weighted by Gasteiger charge is -2.08. The highest BCUT2D eigenvalue weighted by Gasteiger charge is 2.07. The van der Waals surface area contributed by atoms with Crippen LogP contribution in [0.15, 0.2) is 41.0 Å². The van der Waals surface area contributed by atoms with E-state index in [1.165, 1.54) is 12.1 Å². The summed E-state index contributed by atoms with van der Waals surface area (Å²) in [7, 11) is 0. The van der Waals surface area contributed by atoms with E-state index >= 15 is 0 Å². The molecule has 1 aromatic heterocycles. The van der Waals surface area contributed by atoms with Crippen molar-refractivity contribution in [1.29, 1.82) is 0 Å². The maximum absolute atomic E-state index is 12.6. The molecular formula is C11H8BrFN2O. The van der Waals surface area contributed by atoms with Gasteiger partial charge in [-0.05, 0) is 34.1 Å². The largest absolute Gasteiger partial charge is 0.436 e. The van der Waals surface area contributed by atoms with E-state index in [1.54, 1.807) is 18.2 Å². The van der Waals surface area contributed by atoms with Crippen molar-refractivity contribution >= 4 is 21.6 Å². The van der Waals surface area contributed by atoms with E-state index in [1.807, 2.05) is 0 Å². The fourth-order valence-corrected chi connectivity index (χ4v) is 1.62. The molecule has 2 rings (SSSR count). The molecule has 2 N–H and O–H groups in total. The first-order chi connectivity index (χ1) is 7.66. The van der Waals surface area contributed by atoms with Crippen LogP contribution >= 0.6 is 15.9 Å². The van der Waals surface area contributed by atoms with Crippen LogP contribution < -0.4 is 10.5 Å². The van der Waals surface area contributed by atoms with Crippen molar-refractivity contribution in [3.63, 3.8) is 0 Å². The van der Waals surface area contributed by atoms with Crippen LogP contribution in [0, 0.1) is 5.82 Å². The third-order valence-corrected chi connectivity index (χ3v) is 2.53. The number of nitrogens with zero attached hydrogens (tertiary/aromatic N) is 1. The SMILES string of the molecule is Nc1cccc(Br)c1Oc1ccc(F)cn1. The maximum Gasteiger partial charge on any atom is 0.219 e. The Hall–Kier alpha value is -1.62. The lowest BCUT2D eigenvalue weighted by Crippen LogP contribution is -1.94. The Kier molecular flexibility index (Phi) is 3.05. The molecule has 0 saturated carbocycles. The zero-order valence-electron chi connectivity index (χ0n) is 8.15. The summed E-state index contributed by atoms with van der Waals surface area (Å²) < 4.78 is 18.8. The number of hydrogen-bond acceptors (Lipinski definition) is 3. The smallest absolute Gasteiger partial charge is 0.219 e. The normalized spacial score (nSPS) is 10.1. The molecule has 0 saturated heterocycles. The van der Waals surface area contributed by atoms with Crippen LogP contribution in [0.3, 0.4) is 0 Å². The van der Waals surface area contributed by atoms with Gasteiger partial charge in [0.15, 0.2) is 5.75 Å². The lowest BCUT2D eigenvalue weighted by atomic mass is 10.3. The van der Waals surface area contributed by atoms with Gasteiger partial charge >= 0.3 is 0 Å². The van der Waals surface area contributed by atoms with Crippen molar-refractivity contribution in [2.75, 3.05) is 5.73 Å². The quantitative estimate of drug-likeness (QED) is 0.860. The predicted molar refractivity (Wildman–Crippen MR) is 62.8 cm³/mol. The molecule has 1 heterocycles. The highest BCUT2D eigenvalue weighted by Crippen LogP contribution is 2.33. The molecule has 0 atom stereocenters. The molecule has 0 fully saturated rings. The Labute approximate surface area is 100 Å². The molecule has 82 valence electrons. The Morgan fingerprint density at radius 1 is 1.25 bits per heavy atom. The molecule has 2 aromatic rings. The van der Waals surface area contributed by atoms with Crippen LogP contribution in [0.4, 0.5) is 10.1 Å². The summed E-state index contributed by atoms with van der Waals surface area (Å²) in [5.74, 6) is 0.356. The Morgan fingerprint density at radius 2 is 2.06 bits per heavy atom. The molecule has 3 nitrogen and oxygen atoms in total. The molecule has 16 heavy (non-hydrogen) atoms. The average molecular weight is 283 g/mol. The molecule has 1 aromatic carbocycles. The fraction of sp³-hybridized carbons (Fsp3) is 0. The summed E-state index contributed by atoms with van der Waals surface area (Å²) in [5.41, 5.74) is 6.23. The first-order valence-electron chi connectivity index (χ1n) is 4.50. The highest BCUT2D eigenvalue weighted by atomic mass is 79.9. The number of anilines is 1. The van der Waals surface area contributed by atoms with Crippen molar-refractivity contribution in [3.05, 3.63) is 46.8 Å². The van der Waals surface area contributed by atoms with Crippen LogP contribution in [0.2, 0.25) is 0 Å². The number of rotatable bonds is 2. The topological polar surface area (TPSA) is 48.1 Å². The number of nitrogens with two attached hydrogens (primary N) is 1. The minimum absolute atomic E-state index is 0.292. The molecular weight excluding hydrogens is 275 g/mol. The molecule has 0 aliphatic rings. The third kappa shape index (κ3) is 2.30. The number of halogens is 2. The first-order valence-corrected chi connectivity index (χ1v) is 5.29. The lowest BCUT2D eigenvalue weighted by molar-refractivity contribution is 0.459. The maximum atomic E-state index is 12.6. The summed E-state index contributed by atoms with van der Waals surface area (Å²) in [6.45, 7) is 0. The van der Waals surface area contributed by atoms with E-state index < -0.39 is 5.82 Å². The van der Waals surface area contributed by atoms with Gasteiger partial charge in [-0.2, -0.15) is 0 Å². The highest BCUT2D eigenvalue weighted by molar-refractivity contribution is 9.10. The molecule has 0 radical (unpaired) electrons. The van der Waals surface area contributed by atoms with E-state index in [9.17, 15) is 4.39 Å². The summed E-state index contributed by atoms with van der Waals surface area (Å²) in [4.78, 5) is 3.78. The number of nitrogen functional groups attached to an aromatic ring is 1. The van der Waals surface area contributed by atoms with Crippen molar-refractivity contribution in [2.24, 2.45) is 0 Å². The van der Waals surface area contributed by atoms with Crippen LogP contribution in [0.5, 0.6) is 11.6 Å². The molecule has 0 unspecified atom stereocenters. The number of aromatic nitrogens is 1. The van der Waals surface area contributed by atoms with Gasteiger partial charge in [0.1, 0.15) is 5.82 Å². The number of para-hydroxylation sites is 1. The van der Waals surface area contributed by atoms with Gasteiger partial charge in [-0.15, -0.1) is 0 Å². The van der Waals surface area contributed by atoms with Gasteiger partial charge in [0.25, 0.3) is 0 Å². The van der Waals surface area contributed by atoms with Gasteiger partial charge in [-0.25, -0.2) is 9.37 Å². The van der Waals surface area contributed by atoms with Gasteiger partial charge in [0, 0.05) is 6.07 Å². The van der Waals surface area contributed by atoms with Gasteiger partial charge in [0.2, 0.25) is 5.88 Å². The van der Waals surface area contributed by atoms with Crippen LogP contribution in [-0.2, 0) is 0 Å². The van der Waals surface area contributed by atoms with Crippen LogP contribution in [0.1, 0.15) is 0 Å². The summed E-state index contributed by atoms with van der Waals surface area (Å²) >= 11 is 3.31. The van der Waals surface area contributed by atoms with E-state index in [0.717, 1.165) is 10.7 Å². The zero-order chi connectivity index (χ0) is 11.5. The minimum atomic E-state index is -0.410. The second-order valence-corrected chi connectivity index (χ2v) is 3.93. The predicted octanol–water partition coefficient (Wildman–Crippen LogP) is 3.36. The summed E-state index contributed by atoms with van der Waals surface area (Å²) in [6, 6.07) is 8.02. The molecule has 0 spiro atoms. The third-order valence-electron chi connectivity index (χ3n) is 1.90. The summed E-state index contributed by atoms with van der Waals surface area (Å²) in [5, 5.41) is 0. The van der Waals surface area contributed by atoms with E-state index in [-0.39, 0.29) is 0 Å². The van der Waals surface area contributed by atoms with Crippen molar-refractivity contribution in [1.82, 2.24) is 4.98 Å². The number of pyridine rings is 1. The van der Waals surface area contributed by atoms with E-state index in [2.05, 4.69) is 20.9 Å². The minimum Gasteiger partial charge on any atom is -0.436 e. The molecule has 0 amide bonds. The van der Waals surface area contributed by atoms with Gasteiger partial charge in [-0.3, -0.25) is 0 Å². The van der Waals surface area contributed by atoms with Crippen LogP contribution in [0.25, 0.3) is 0 Å². The first kappa shape index (κ1) is 10.9. The van der Waals surface area contributed by atoms with Gasteiger partial charge in [-0.1, -0.05) is 6.07 Å². The monoisotopic (exact) mass is 282 g/mol.